The summed E-state index contributed by atoms with van der Waals surface area (Å²) in [7, 11) is 3.95. The van der Waals surface area contributed by atoms with Crippen LogP contribution in [0.3, 0.4) is 0 Å². The van der Waals surface area contributed by atoms with E-state index < -0.39 is 5.54 Å². The summed E-state index contributed by atoms with van der Waals surface area (Å²) < 4.78 is 0. The molecule has 23 heavy (non-hydrogen) atoms. The van der Waals surface area contributed by atoms with Crippen LogP contribution in [-0.2, 0) is 10.3 Å². The molecule has 2 aromatic rings. The van der Waals surface area contributed by atoms with Gasteiger partial charge in [0.2, 0.25) is 5.91 Å². The van der Waals surface area contributed by atoms with Gasteiger partial charge in [-0.3, -0.25) is 4.79 Å². The third kappa shape index (κ3) is 4.24. The smallest absolute Gasteiger partial charge is 0.249 e. The van der Waals surface area contributed by atoms with Crippen molar-refractivity contribution >= 4 is 29.7 Å². The molecule has 2 aromatic carbocycles. The van der Waals surface area contributed by atoms with E-state index in [1.54, 1.807) is 0 Å². The molecule has 4 nitrogen and oxygen atoms in total. The zero-order valence-corrected chi connectivity index (χ0v) is 14.6. The molecule has 3 N–H and O–H groups in total. The van der Waals surface area contributed by atoms with Gasteiger partial charge in [0.15, 0.2) is 0 Å². The van der Waals surface area contributed by atoms with E-state index in [9.17, 15) is 4.79 Å². The highest BCUT2D eigenvalue weighted by Crippen LogP contribution is 2.24. The van der Waals surface area contributed by atoms with Gasteiger partial charge in [0.25, 0.3) is 0 Å². The molecule has 2 rings (SSSR count). The van der Waals surface area contributed by atoms with Crippen molar-refractivity contribution in [2.24, 2.45) is 5.73 Å². The van der Waals surface area contributed by atoms with E-state index >= 15 is 0 Å². The van der Waals surface area contributed by atoms with Gasteiger partial charge in [-0.15, -0.1) is 12.4 Å². The number of anilines is 2. The summed E-state index contributed by atoms with van der Waals surface area (Å²) in [4.78, 5) is 14.6. The van der Waals surface area contributed by atoms with Crippen LogP contribution in [0.5, 0.6) is 0 Å². The second-order valence-electron chi connectivity index (χ2n) is 5.59. The first kappa shape index (κ1) is 19.0. The van der Waals surface area contributed by atoms with E-state index in [0.717, 1.165) is 16.9 Å². The minimum atomic E-state index is -1.03. The van der Waals surface area contributed by atoms with Crippen LogP contribution in [0.15, 0.2) is 54.6 Å². The Balaban J connectivity index is 0.00000264. The first-order valence-electron chi connectivity index (χ1n) is 7.40. The Labute approximate surface area is 144 Å². The largest absolute Gasteiger partial charge is 0.378 e. The predicted octanol–water partition coefficient (Wildman–Crippen LogP) is 3.38. The Morgan fingerprint density at radius 3 is 2.13 bits per heavy atom. The molecular formula is C18H24ClN3O. The molecule has 1 amide bonds. The third-order valence-corrected chi connectivity index (χ3v) is 3.89. The summed E-state index contributed by atoms with van der Waals surface area (Å²) in [6.45, 7) is 1.92. The number of halogens is 1. The number of nitrogens with two attached hydrogens (primary N) is 1. The normalized spacial score (nSPS) is 12.7. The van der Waals surface area contributed by atoms with Gasteiger partial charge in [-0.2, -0.15) is 0 Å². The minimum Gasteiger partial charge on any atom is -0.378 e. The Morgan fingerprint density at radius 1 is 1.09 bits per heavy atom. The van der Waals surface area contributed by atoms with Crippen molar-refractivity contribution in [2.75, 3.05) is 24.3 Å². The van der Waals surface area contributed by atoms with Crippen LogP contribution < -0.4 is 16.0 Å². The van der Waals surface area contributed by atoms with Gasteiger partial charge in [0, 0.05) is 25.5 Å². The van der Waals surface area contributed by atoms with Gasteiger partial charge in [-0.05, 0) is 36.2 Å². The van der Waals surface area contributed by atoms with Crippen molar-refractivity contribution in [3.63, 3.8) is 0 Å². The summed E-state index contributed by atoms with van der Waals surface area (Å²) in [5.41, 5.74) is 7.99. The van der Waals surface area contributed by atoms with Crippen LogP contribution in [0.25, 0.3) is 0 Å². The van der Waals surface area contributed by atoms with E-state index in [1.165, 1.54) is 0 Å². The number of benzene rings is 2. The first-order chi connectivity index (χ1) is 10.5. The van der Waals surface area contributed by atoms with Crippen molar-refractivity contribution in [1.29, 1.82) is 0 Å². The number of amides is 1. The van der Waals surface area contributed by atoms with Crippen molar-refractivity contribution in [3.05, 3.63) is 60.2 Å². The maximum absolute atomic E-state index is 12.6. The monoisotopic (exact) mass is 333 g/mol. The van der Waals surface area contributed by atoms with Crippen LogP contribution in [0.4, 0.5) is 11.4 Å². The van der Waals surface area contributed by atoms with Gasteiger partial charge in [0.05, 0.1) is 0 Å². The van der Waals surface area contributed by atoms with Crippen molar-refractivity contribution < 1.29 is 4.79 Å². The van der Waals surface area contributed by atoms with E-state index in [4.69, 9.17) is 5.73 Å². The molecule has 5 heteroatoms. The number of hydrogen-bond donors (Lipinski definition) is 2. The second-order valence-corrected chi connectivity index (χ2v) is 5.59. The number of carbonyl (C=O) groups excluding carboxylic acids is 1. The Bertz CT molecular complexity index is 628. The van der Waals surface area contributed by atoms with Crippen LogP contribution in [-0.4, -0.2) is 20.0 Å². The summed E-state index contributed by atoms with van der Waals surface area (Å²) in [6, 6.07) is 17.2. The predicted molar refractivity (Wildman–Crippen MR) is 99.2 cm³/mol. The Morgan fingerprint density at radius 2 is 1.65 bits per heavy atom. The van der Waals surface area contributed by atoms with Crippen molar-refractivity contribution in [1.82, 2.24) is 0 Å². The molecule has 0 aliphatic heterocycles. The molecule has 0 aromatic heterocycles. The number of nitrogens with one attached hydrogen (secondary N) is 1. The number of hydrogen-bond acceptors (Lipinski definition) is 3. The van der Waals surface area contributed by atoms with Gasteiger partial charge in [0.1, 0.15) is 5.54 Å². The summed E-state index contributed by atoms with van der Waals surface area (Å²) in [5, 5.41) is 2.92. The molecule has 0 spiro atoms. The lowest BCUT2D eigenvalue weighted by Crippen LogP contribution is -2.47. The maximum atomic E-state index is 12.6. The molecular weight excluding hydrogens is 310 g/mol. The molecule has 0 saturated carbocycles. The molecule has 0 aliphatic rings. The zero-order valence-electron chi connectivity index (χ0n) is 13.7. The molecule has 0 heterocycles. The van der Waals surface area contributed by atoms with E-state index in [2.05, 4.69) is 5.32 Å². The Kier molecular flexibility index (Phi) is 6.61. The van der Waals surface area contributed by atoms with Crippen LogP contribution in [0.2, 0.25) is 0 Å². The van der Waals surface area contributed by atoms with Gasteiger partial charge in [-0.1, -0.05) is 37.3 Å². The fourth-order valence-electron chi connectivity index (χ4n) is 2.32. The minimum absolute atomic E-state index is 0. The SMILES string of the molecule is CCC(N)(C(=O)Nc1ccc(N(C)C)cc1)c1ccccc1.Cl. The average Bonchev–Trinajstić information content (AvgIpc) is 2.55. The maximum Gasteiger partial charge on any atom is 0.249 e. The topological polar surface area (TPSA) is 58.4 Å². The number of carbonyl (C=O) groups is 1. The Hall–Kier alpha value is -2.04. The summed E-state index contributed by atoms with van der Waals surface area (Å²) in [6.07, 6.45) is 0.526. The van der Waals surface area contributed by atoms with E-state index in [0.29, 0.717) is 6.42 Å². The third-order valence-electron chi connectivity index (χ3n) is 3.89. The van der Waals surface area contributed by atoms with Crippen molar-refractivity contribution in [3.8, 4) is 0 Å². The molecule has 0 fully saturated rings. The summed E-state index contributed by atoms with van der Waals surface area (Å²) in [5.74, 6) is -0.196. The van der Waals surface area contributed by atoms with Crippen LogP contribution >= 0.6 is 12.4 Å². The molecule has 0 radical (unpaired) electrons. The fraction of sp³-hybridized carbons (Fsp3) is 0.278. The van der Waals surface area contributed by atoms with Gasteiger partial charge >= 0.3 is 0 Å². The lowest BCUT2D eigenvalue weighted by Gasteiger charge is -2.27. The quantitative estimate of drug-likeness (QED) is 0.882. The number of nitrogens with zero attached hydrogens (tertiary/aromatic N) is 1. The van der Waals surface area contributed by atoms with Crippen LogP contribution in [0.1, 0.15) is 18.9 Å². The van der Waals surface area contributed by atoms with Crippen molar-refractivity contribution in [2.45, 2.75) is 18.9 Å². The average molecular weight is 334 g/mol. The van der Waals surface area contributed by atoms with Crippen LogP contribution in [0, 0.1) is 0 Å². The second kappa shape index (κ2) is 7.99. The highest BCUT2D eigenvalue weighted by Gasteiger charge is 2.33. The lowest BCUT2D eigenvalue weighted by molar-refractivity contribution is -0.121. The number of rotatable bonds is 5. The standard InChI is InChI=1S/C18H23N3O.ClH/c1-4-18(19,14-8-6-5-7-9-14)17(22)20-15-10-12-16(13-11-15)21(2)3;/h5-13H,4,19H2,1-3H3,(H,20,22);1H. The highest BCUT2D eigenvalue weighted by atomic mass is 35.5. The summed E-state index contributed by atoms with van der Waals surface area (Å²) >= 11 is 0. The molecule has 0 aliphatic carbocycles. The molecule has 1 unspecified atom stereocenters. The molecule has 124 valence electrons. The van der Waals surface area contributed by atoms with Gasteiger partial charge in [-0.25, -0.2) is 0 Å². The fourth-order valence-corrected chi connectivity index (χ4v) is 2.32. The molecule has 0 saturated heterocycles. The van der Waals surface area contributed by atoms with Gasteiger partial charge < -0.3 is 16.0 Å². The molecule has 0 bridgehead atoms. The zero-order chi connectivity index (χ0) is 16.2. The highest BCUT2D eigenvalue weighted by molar-refractivity contribution is 5.98. The van der Waals surface area contributed by atoms with E-state index in [1.807, 2.05) is 80.5 Å². The molecule has 1 atom stereocenters. The first-order valence-corrected chi connectivity index (χ1v) is 7.40. The lowest BCUT2D eigenvalue weighted by atomic mass is 9.87. The van der Waals surface area contributed by atoms with E-state index in [-0.39, 0.29) is 18.3 Å².